The fourth-order valence-corrected chi connectivity index (χ4v) is 3.03. The standard InChI is InChI=1S/C16H27F3N6.HI/c1-11(2)25-7-5-13(6-8-25)22-15(20-3)21-9-12-10-24(4)23-14(12)16(17,18)19;/h10-11,13H,5-9H2,1-4H3,(H2,20,21,22);1H. The number of piperidine rings is 1. The third-order valence-corrected chi connectivity index (χ3v) is 4.44. The molecule has 1 fully saturated rings. The first kappa shape index (κ1) is 23.0. The quantitative estimate of drug-likeness (QED) is 0.389. The lowest BCUT2D eigenvalue weighted by atomic mass is 10.0. The second-order valence-corrected chi connectivity index (χ2v) is 6.65. The van der Waals surface area contributed by atoms with Crippen LogP contribution in [0.15, 0.2) is 11.2 Å². The van der Waals surface area contributed by atoms with Crippen LogP contribution in [0, 0.1) is 0 Å². The molecule has 1 aliphatic rings. The summed E-state index contributed by atoms with van der Waals surface area (Å²) in [5, 5.41) is 9.78. The molecule has 2 N–H and O–H groups in total. The predicted octanol–water partition coefficient (Wildman–Crippen LogP) is 2.59. The zero-order chi connectivity index (χ0) is 18.6. The lowest BCUT2D eigenvalue weighted by molar-refractivity contribution is -0.142. The number of aliphatic imine (C=N–C) groups is 1. The van der Waals surface area contributed by atoms with Crippen molar-refractivity contribution >= 4 is 29.9 Å². The molecule has 150 valence electrons. The highest BCUT2D eigenvalue weighted by Gasteiger charge is 2.36. The van der Waals surface area contributed by atoms with Gasteiger partial charge in [-0.15, -0.1) is 24.0 Å². The Hall–Kier alpha value is -1.04. The molecule has 0 unspecified atom stereocenters. The van der Waals surface area contributed by atoms with Gasteiger partial charge in [0.1, 0.15) is 0 Å². The third kappa shape index (κ3) is 6.29. The monoisotopic (exact) mass is 488 g/mol. The van der Waals surface area contributed by atoms with E-state index in [1.807, 2.05) is 0 Å². The van der Waals surface area contributed by atoms with Gasteiger partial charge in [-0.25, -0.2) is 0 Å². The molecule has 0 amide bonds. The molecule has 10 heteroatoms. The average molecular weight is 488 g/mol. The summed E-state index contributed by atoms with van der Waals surface area (Å²) in [4.78, 5) is 6.54. The number of nitrogens with zero attached hydrogens (tertiary/aromatic N) is 4. The molecular formula is C16H28F3IN6. The van der Waals surface area contributed by atoms with E-state index in [4.69, 9.17) is 0 Å². The van der Waals surface area contributed by atoms with Crippen molar-refractivity contribution in [2.75, 3.05) is 20.1 Å². The van der Waals surface area contributed by atoms with Crippen molar-refractivity contribution in [2.24, 2.45) is 12.0 Å². The summed E-state index contributed by atoms with van der Waals surface area (Å²) in [6.07, 6.45) is -1.11. The first-order chi connectivity index (χ1) is 11.7. The number of aromatic nitrogens is 2. The number of alkyl halides is 3. The predicted molar refractivity (Wildman–Crippen MR) is 107 cm³/mol. The number of rotatable bonds is 4. The molecule has 1 aromatic heterocycles. The third-order valence-electron chi connectivity index (χ3n) is 4.44. The van der Waals surface area contributed by atoms with E-state index in [0.29, 0.717) is 12.0 Å². The van der Waals surface area contributed by atoms with E-state index in [9.17, 15) is 13.2 Å². The van der Waals surface area contributed by atoms with Crippen molar-refractivity contribution in [2.45, 2.75) is 51.5 Å². The van der Waals surface area contributed by atoms with Crippen LogP contribution in [0.2, 0.25) is 0 Å². The van der Waals surface area contributed by atoms with Crippen molar-refractivity contribution in [3.63, 3.8) is 0 Å². The van der Waals surface area contributed by atoms with Gasteiger partial charge in [-0.05, 0) is 26.7 Å². The largest absolute Gasteiger partial charge is 0.435 e. The van der Waals surface area contributed by atoms with Gasteiger partial charge in [-0.1, -0.05) is 0 Å². The molecule has 2 rings (SSSR count). The zero-order valence-corrected chi connectivity index (χ0v) is 17.9. The van der Waals surface area contributed by atoms with E-state index in [-0.39, 0.29) is 42.1 Å². The number of hydrogen-bond donors (Lipinski definition) is 2. The maximum absolute atomic E-state index is 13.0. The van der Waals surface area contributed by atoms with Crippen LogP contribution in [-0.4, -0.2) is 52.9 Å². The summed E-state index contributed by atoms with van der Waals surface area (Å²) in [7, 11) is 3.10. The van der Waals surface area contributed by atoms with E-state index in [0.717, 1.165) is 25.9 Å². The lowest BCUT2D eigenvalue weighted by Gasteiger charge is -2.35. The van der Waals surface area contributed by atoms with Crippen molar-refractivity contribution in [3.8, 4) is 0 Å². The molecule has 0 bridgehead atoms. The summed E-state index contributed by atoms with van der Waals surface area (Å²) in [6, 6.07) is 0.807. The Morgan fingerprint density at radius 2 is 1.96 bits per heavy atom. The van der Waals surface area contributed by atoms with Gasteiger partial charge in [-0.3, -0.25) is 9.67 Å². The van der Waals surface area contributed by atoms with Crippen molar-refractivity contribution in [1.82, 2.24) is 25.3 Å². The topological polar surface area (TPSA) is 57.5 Å². The number of hydrogen-bond acceptors (Lipinski definition) is 3. The Balaban J connectivity index is 0.00000338. The van der Waals surface area contributed by atoms with Crippen LogP contribution in [0.1, 0.15) is 37.9 Å². The molecule has 1 saturated heterocycles. The minimum Gasteiger partial charge on any atom is -0.354 e. The molecule has 6 nitrogen and oxygen atoms in total. The molecule has 1 aromatic rings. The Bertz CT molecular complexity index is 591. The van der Waals surface area contributed by atoms with Gasteiger partial charge in [0, 0.05) is 57.6 Å². The first-order valence-electron chi connectivity index (χ1n) is 8.51. The van der Waals surface area contributed by atoms with E-state index in [2.05, 4.69) is 39.5 Å². The summed E-state index contributed by atoms with van der Waals surface area (Å²) < 4.78 is 40.1. The fourth-order valence-electron chi connectivity index (χ4n) is 3.03. The van der Waals surface area contributed by atoms with E-state index < -0.39 is 11.9 Å². The normalized spacial score (nSPS) is 17.3. The van der Waals surface area contributed by atoms with Gasteiger partial charge in [0.05, 0.1) is 0 Å². The van der Waals surface area contributed by atoms with Crippen LogP contribution in [0.4, 0.5) is 13.2 Å². The van der Waals surface area contributed by atoms with E-state index in [1.165, 1.54) is 17.9 Å². The van der Waals surface area contributed by atoms with Crippen LogP contribution in [-0.2, 0) is 19.8 Å². The highest BCUT2D eigenvalue weighted by atomic mass is 127. The van der Waals surface area contributed by atoms with Crippen molar-refractivity contribution in [1.29, 1.82) is 0 Å². The Morgan fingerprint density at radius 1 is 1.35 bits per heavy atom. The molecule has 0 aromatic carbocycles. The SMILES string of the molecule is CN=C(NCc1cn(C)nc1C(F)(F)F)NC1CCN(C(C)C)CC1.I. The van der Waals surface area contributed by atoms with E-state index >= 15 is 0 Å². The highest BCUT2D eigenvalue weighted by molar-refractivity contribution is 14.0. The van der Waals surface area contributed by atoms with Crippen LogP contribution >= 0.6 is 24.0 Å². The summed E-state index contributed by atoms with van der Waals surface area (Å²) >= 11 is 0. The van der Waals surface area contributed by atoms with Gasteiger partial charge < -0.3 is 15.5 Å². The number of likely N-dealkylation sites (tertiary alicyclic amines) is 1. The lowest BCUT2D eigenvalue weighted by Crippen LogP contribution is -2.49. The second-order valence-electron chi connectivity index (χ2n) is 6.65. The number of nitrogens with one attached hydrogen (secondary N) is 2. The molecule has 0 aliphatic carbocycles. The summed E-state index contributed by atoms with van der Waals surface area (Å²) in [5.41, 5.74) is -0.754. The maximum atomic E-state index is 13.0. The van der Waals surface area contributed by atoms with Gasteiger partial charge >= 0.3 is 6.18 Å². The average Bonchev–Trinajstić information content (AvgIpc) is 2.93. The van der Waals surface area contributed by atoms with E-state index in [1.54, 1.807) is 7.05 Å². The molecule has 1 aliphatic heterocycles. The molecule has 0 saturated carbocycles. The van der Waals surface area contributed by atoms with Crippen LogP contribution in [0.5, 0.6) is 0 Å². The number of aryl methyl sites for hydroxylation is 1. The summed E-state index contributed by atoms with van der Waals surface area (Å²) in [5.74, 6) is 0.514. The van der Waals surface area contributed by atoms with Gasteiger partial charge in [0.2, 0.25) is 0 Å². The summed E-state index contributed by atoms with van der Waals surface area (Å²) in [6.45, 7) is 6.40. The Kier molecular flexibility index (Phi) is 8.64. The van der Waals surface area contributed by atoms with Crippen molar-refractivity contribution < 1.29 is 13.2 Å². The first-order valence-corrected chi connectivity index (χ1v) is 8.51. The van der Waals surface area contributed by atoms with Gasteiger partial charge in [-0.2, -0.15) is 18.3 Å². The fraction of sp³-hybridized carbons (Fsp3) is 0.750. The van der Waals surface area contributed by atoms with Gasteiger partial charge in [0.15, 0.2) is 11.7 Å². The molecule has 26 heavy (non-hydrogen) atoms. The molecule has 2 heterocycles. The Morgan fingerprint density at radius 3 is 2.46 bits per heavy atom. The number of halogens is 4. The molecule has 0 atom stereocenters. The zero-order valence-electron chi connectivity index (χ0n) is 15.6. The minimum absolute atomic E-state index is 0. The molecular weight excluding hydrogens is 460 g/mol. The van der Waals surface area contributed by atoms with Crippen LogP contribution < -0.4 is 10.6 Å². The highest BCUT2D eigenvalue weighted by Crippen LogP contribution is 2.30. The second kappa shape index (κ2) is 9.77. The Labute approximate surface area is 169 Å². The smallest absolute Gasteiger partial charge is 0.354 e. The molecule has 0 spiro atoms. The molecule has 0 radical (unpaired) electrons. The van der Waals surface area contributed by atoms with Crippen LogP contribution in [0.3, 0.4) is 0 Å². The van der Waals surface area contributed by atoms with Gasteiger partial charge in [0.25, 0.3) is 0 Å². The minimum atomic E-state index is -4.46. The van der Waals surface area contributed by atoms with Crippen LogP contribution in [0.25, 0.3) is 0 Å². The number of guanidine groups is 1. The maximum Gasteiger partial charge on any atom is 0.435 e. The van der Waals surface area contributed by atoms with Crippen molar-refractivity contribution in [3.05, 3.63) is 17.5 Å².